The number of carbonyl (C=O) groups excluding carboxylic acids is 2. The highest BCUT2D eigenvalue weighted by Crippen LogP contribution is 2.26. The van der Waals surface area contributed by atoms with E-state index < -0.39 is 6.04 Å². The highest BCUT2D eigenvalue weighted by molar-refractivity contribution is 8.07. The molecule has 0 unspecified atom stereocenters. The summed E-state index contributed by atoms with van der Waals surface area (Å²) in [6.45, 7) is 2.03. The van der Waals surface area contributed by atoms with Crippen LogP contribution < -0.4 is 5.32 Å². The molecule has 2 rings (SSSR count). The standard InChI is InChI=1S/C16H20FNO3S2/c1-2-21-15(19)9-13(11-3-5-12(17)6-4-11)18-16(20)14-10-22-7-8-23-14/h3-6,13-14H,2,7-10H2,1H3,(H,18,20)/t13-,14+/m1/s1. The van der Waals surface area contributed by atoms with Crippen molar-refractivity contribution in [2.45, 2.75) is 24.6 Å². The quantitative estimate of drug-likeness (QED) is 0.794. The Hall–Kier alpha value is -1.21. The minimum atomic E-state index is -0.505. The maximum atomic E-state index is 13.1. The van der Waals surface area contributed by atoms with Crippen molar-refractivity contribution in [3.63, 3.8) is 0 Å². The largest absolute Gasteiger partial charge is 0.466 e. The summed E-state index contributed by atoms with van der Waals surface area (Å²) in [7, 11) is 0. The summed E-state index contributed by atoms with van der Waals surface area (Å²) in [6, 6.07) is 5.31. The van der Waals surface area contributed by atoms with Gasteiger partial charge in [0.15, 0.2) is 0 Å². The van der Waals surface area contributed by atoms with Crippen molar-refractivity contribution >= 4 is 35.4 Å². The van der Waals surface area contributed by atoms with E-state index in [1.807, 2.05) is 0 Å². The van der Waals surface area contributed by atoms with E-state index in [2.05, 4.69) is 5.32 Å². The number of halogens is 1. The fourth-order valence-electron chi connectivity index (χ4n) is 2.24. The predicted molar refractivity (Wildman–Crippen MR) is 92.1 cm³/mol. The minimum absolute atomic E-state index is 0.0374. The van der Waals surface area contributed by atoms with Gasteiger partial charge in [-0.25, -0.2) is 4.39 Å². The number of benzene rings is 1. The van der Waals surface area contributed by atoms with Gasteiger partial charge in [0.25, 0.3) is 0 Å². The van der Waals surface area contributed by atoms with Crippen LogP contribution in [0.2, 0.25) is 0 Å². The first kappa shape index (κ1) is 18.1. The summed E-state index contributed by atoms with van der Waals surface area (Å²) in [4.78, 5) is 24.2. The SMILES string of the molecule is CCOC(=O)C[C@@H](NC(=O)[C@@H]1CSCCS1)c1ccc(F)cc1. The molecule has 4 nitrogen and oxygen atoms in total. The average Bonchev–Trinajstić information content (AvgIpc) is 2.56. The lowest BCUT2D eigenvalue weighted by Crippen LogP contribution is -2.39. The van der Waals surface area contributed by atoms with Gasteiger partial charge in [0.2, 0.25) is 5.91 Å². The molecule has 2 atom stereocenters. The van der Waals surface area contributed by atoms with Crippen molar-refractivity contribution in [2.75, 3.05) is 23.9 Å². The first-order valence-electron chi connectivity index (χ1n) is 7.51. The second kappa shape index (κ2) is 9.17. The smallest absolute Gasteiger partial charge is 0.308 e. The molecule has 1 fully saturated rings. The van der Waals surface area contributed by atoms with E-state index in [1.165, 1.54) is 12.1 Å². The Bertz CT molecular complexity index is 533. The van der Waals surface area contributed by atoms with Crippen LogP contribution in [0.5, 0.6) is 0 Å². The van der Waals surface area contributed by atoms with Crippen LogP contribution in [0.1, 0.15) is 24.9 Å². The van der Waals surface area contributed by atoms with Gasteiger partial charge in [0.05, 0.1) is 24.3 Å². The molecule has 1 heterocycles. The number of rotatable bonds is 6. The lowest BCUT2D eigenvalue weighted by Gasteiger charge is -2.24. The number of thioether (sulfide) groups is 2. The van der Waals surface area contributed by atoms with E-state index in [1.54, 1.807) is 42.6 Å². The van der Waals surface area contributed by atoms with Gasteiger partial charge in [-0.05, 0) is 24.6 Å². The summed E-state index contributed by atoms with van der Waals surface area (Å²) < 4.78 is 18.1. The molecule has 1 aliphatic rings. The number of carbonyl (C=O) groups is 2. The molecule has 1 aromatic carbocycles. The van der Waals surface area contributed by atoms with Gasteiger partial charge >= 0.3 is 5.97 Å². The van der Waals surface area contributed by atoms with Crippen LogP contribution in [0.4, 0.5) is 4.39 Å². The van der Waals surface area contributed by atoms with Crippen LogP contribution in [0.15, 0.2) is 24.3 Å². The summed E-state index contributed by atoms with van der Waals surface area (Å²) in [5, 5.41) is 2.80. The van der Waals surface area contributed by atoms with Crippen LogP contribution in [0.25, 0.3) is 0 Å². The Morgan fingerprint density at radius 2 is 2.09 bits per heavy atom. The first-order chi connectivity index (χ1) is 11.1. The molecule has 1 saturated heterocycles. The second-order valence-corrected chi connectivity index (χ2v) is 7.52. The van der Waals surface area contributed by atoms with Crippen molar-refractivity contribution in [2.24, 2.45) is 0 Å². The number of hydrogen-bond acceptors (Lipinski definition) is 5. The minimum Gasteiger partial charge on any atom is -0.466 e. The van der Waals surface area contributed by atoms with E-state index >= 15 is 0 Å². The molecule has 1 amide bonds. The maximum Gasteiger partial charge on any atom is 0.308 e. The molecular weight excluding hydrogens is 337 g/mol. The van der Waals surface area contributed by atoms with Gasteiger partial charge in [-0.2, -0.15) is 11.8 Å². The van der Waals surface area contributed by atoms with Crippen LogP contribution in [0, 0.1) is 5.82 Å². The van der Waals surface area contributed by atoms with E-state index in [0.717, 1.165) is 17.3 Å². The molecule has 0 aliphatic carbocycles. The van der Waals surface area contributed by atoms with Crippen LogP contribution in [0.3, 0.4) is 0 Å². The topological polar surface area (TPSA) is 55.4 Å². The van der Waals surface area contributed by atoms with Gasteiger partial charge in [-0.1, -0.05) is 12.1 Å². The third-order valence-electron chi connectivity index (χ3n) is 3.37. The molecule has 1 aromatic rings. The highest BCUT2D eigenvalue weighted by atomic mass is 32.2. The number of nitrogens with one attached hydrogen (secondary N) is 1. The molecule has 23 heavy (non-hydrogen) atoms. The molecule has 0 saturated carbocycles. The van der Waals surface area contributed by atoms with E-state index in [-0.39, 0.29) is 36.0 Å². The van der Waals surface area contributed by atoms with E-state index in [4.69, 9.17) is 4.74 Å². The van der Waals surface area contributed by atoms with Gasteiger partial charge in [-0.15, -0.1) is 11.8 Å². The Morgan fingerprint density at radius 1 is 1.35 bits per heavy atom. The third kappa shape index (κ3) is 5.73. The normalized spacial score (nSPS) is 19.0. The van der Waals surface area contributed by atoms with Crippen molar-refractivity contribution in [1.82, 2.24) is 5.32 Å². The zero-order valence-electron chi connectivity index (χ0n) is 12.9. The Balaban J connectivity index is 2.07. The summed E-state index contributed by atoms with van der Waals surface area (Å²) in [5.41, 5.74) is 0.696. The van der Waals surface area contributed by atoms with Gasteiger partial charge in [0.1, 0.15) is 5.82 Å². The Labute approximate surface area is 143 Å². The number of amides is 1. The molecule has 1 aliphatic heterocycles. The van der Waals surface area contributed by atoms with Crippen molar-refractivity contribution in [3.8, 4) is 0 Å². The Kier molecular flexibility index (Phi) is 7.23. The molecule has 0 bridgehead atoms. The summed E-state index contributed by atoms with van der Waals surface area (Å²) >= 11 is 3.39. The molecule has 0 radical (unpaired) electrons. The fraction of sp³-hybridized carbons (Fsp3) is 0.500. The summed E-state index contributed by atoms with van der Waals surface area (Å²) in [6.07, 6.45) is 0.0374. The van der Waals surface area contributed by atoms with Crippen LogP contribution in [-0.2, 0) is 14.3 Å². The molecular formula is C16H20FNO3S2. The van der Waals surface area contributed by atoms with Crippen molar-refractivity contribution < 1.29 is 18.7 Å². The van der Waals surface area contributed by atoms with Gasteiger partial charge < -0.3 is 10.1 Å². The van der Waals surface area contributed by atoms with E-state index in [0.29, 0.717) is 5.56 Å². The van der Waals surface area contributed by atoms with Gasteiger partial charge in [0, 0.05) is 17.3 Å². The molecule has 1 N–H and O–H groups in total. The highest BCUT2D eigenvalue weighted by Gasteiger charge is 2.26. The molecule has 7 heteroatoms. The van der Waals surface area contributed by atoms with Crippen LogP contribution in [-0.4, -0.2) is 41.0 Å². The predicted octanol–water partition coefficient (Wildman–Crippen LogP) is 2.78. The van der Waals surface area contributed by atoms with Crippen molar-refractivity contribution in [3.05, 3.63) is 35.6 Å². The van der Waals surface area contributed by atoms with Crippen molar-refractivity contribution in [1.29, 1.82) is 0 Å². The number of ether oxygens (including phenoxy) is 1. The maximum absolute atomic E-state index is 13.1. The molecule has 0 spiro atoms. The lowest BCUT2D eigenvalue weighted by atomic mass is 10.0. The third-order valence-corrected chi connectivity index (χ3v) is 6.13. The van der Waals surface area contributed by atoms with Gasteiger partial charge in [-0.3, -0.25) is 9.59 Å². The summed E-state index contributed by atoms with van der Waals surface area (Å²) in [5.74, 6) is 1.95. The zero-order valence-corrected chi connectivity index (χ0v) is 14.6. The first-order valence-corrected chi connectivity index (χ1v) is 9.71. The fourth-order valence-corrected chi connectivity index (χ4v) is 4.80. The zero-order chi connectivity index (χ0) is 16.7. The Morgan fingerprint density at radius 3 is 2.70 bits per heavy atom. The number of hydrogen-bond donors (Lipinski definition) is 1. The van der Waals surface area contributed by atoms with E-state index in [9.17, 15) is 14.0 Å². The molecule has 126 valence electrons. The van der Waals surface area contributed by atoms with Crippen LogP contribution >= 0.6 is 23.5 Å². The monoisotopic (exact) mass is 357 g/mol. The lowest BCUT2D eigenvalue weighted by molar-refractivity contribution is -0.143. The average molecular weight is 357 g/mol. The number of esters is 1. The molecule has 0 aromatic heterocycles. The second-order valence-electron chi connectivity index (χ2n) is 5.06.